The Hall–Kier alpha value is -1.46. The highest BCUT2D eigenvalue weighted by Crippen LogP contribution is 1.96. The van der Waals surface area contributed by atoms with E-state index in [-0.39, 0.29) is 36.4 Å². The number of rotatable bonds is 12. The molecular formula is C18H32IN5O3. The van der Waals surface area contributed by atoms with E-state index >= 15 is 0 Å². The van der Waals surface area contributed by atoms with E-state index in [1.54, 1.807) is 32.3 Å². The zero-order valence-electron chi connectivity index (χ0n) is 16.4. The maximum atomic E-state index is 12.2. The number of aromatic nitrogens is 1. The summed E-state index contributed by atoms with van der Waals surface area (Å²) in [5.41, 5.74) is 0.977. The highest BCUT2D eigenvalue weighted by molar-refractivity contribution is 14.0. The van der Waals surface area contributed by atoms with Crippen molar-refractivity contribution in [1.29, 1.82) is 0 Å². The third-order valence-corrected chi connectivity index (χ3v) is 3.68. The summed E-state index contributed by atoms with van der Waals surface area (Å²) in [6.45, 7) is 3.40. The lowest BCUT2D eigenvalue weighted by atomic mass is 10.2. The lowest BCUT2D eigenvalue weighted by Gasteiger charge is -2.18. The minimum Gasteiger partial charge on any atom is -0.382 e. The molecule has 0 aliphatic heterocycles. The first-order valence-electron chi connectivity index (χ1n) is 8.82. The molecule has 0 aliphatic rings. The largest absolute Gasteiger partial charge is 0.382 e. The molecular weight excluding hydrogens is 461 g/mol. The predicted molar refractivity (Wildman–Crippen MR) is 118 cm³/mol. The first-order valence-corrected chi connectivity index (χ1v) is 8.82. The summed E-state index contributed by atoms with van der Waals surface area (Å²) in [7, 11) is 5.12. The van der Waals surface area contributed by atoms with Crippen molar-refractivity contribution in [3.63, 3.8) is 0 Å². The standard InChI is InChI=1S/C18H31N5O3.HI/c1-19-18(21-10-6-12-26-14-13-25-3)22-15-17(24)23(2)11-8-16-7-4-5-9-20-16;/h4-5,7,9H,6,8,10-15H2,1-3H3,(H2,19,21,22);1H. The Bertz CT molecular complexity index is 531. The molecule has 0 fully saturated rings. The molecule has 27 heavy (non-hydrogen) atoms. The molecule has 0 spiro atoms. The number of amides is 1. The summed E-state index contributed by atoms with van der Waals surface area (Å²) in [6, 6.07) is 5.79. The minimum absolute atomic E-state index is 0. The van der Waals surface area contributed by atoms with Crippen LogP contribution in [0.5, 0.6) is 0 Å². The zero-order valence-corrected chi connectivity index (χ0v) is 18.8. The lowest BCUT2D eigenvalue weighted by Crippen LogP contribution is -2.44. The van der Waals surface area contributed by atoms with Gasteiger partial charge in [-0.25, -0.2) is 0 Å². The van der Waals surface area contributed by atoms with Crippen LogP contribution in [0.15, 0.2) is 29.4 Å². The highest BCUT2D eigenvalue weighted by Gasteiger charge is 2.09. The number of halogens is 1. The van der Waals surface area contributed by atoms with Gasteiger partial charge in [0.25, 0.3) is 0 Å². The Morgan fingerprint density at radius 3 is 2.74 bits per heavy atom. The second-order valence-electron chi connectivity index (χ2n) is 5.70. The average Bonchev–Trinajstić information content (AvgIpc) is 2.68. The zero-order chi connectivity index (χ0) is 19.0. The van der Waals surface area contributed by atoms with Crippen molar-refractivity contribution in [1.82, 2.24) is 20.5 Å². The maximum absolute atomic E-state index is 12.2. The number of carbonyl (C=O) groups excluding carboxylic acids is 1. The minimum atomic E-state index is 0. The van der Waals surface area contributed by atoms with E-state index in [1.807, 2.05) is 18.2 Å². The van der Waals surface area contributed by atoms with Crippen LogP contribution in [0.25, 0.3) is 0 Å². The van der Waals surface area contributed by atoms with Crippen LogP contribution in [0.2, 0.25) is 0 Å². The molecule has 1 aromatic rings. The number of guanidine groups is 1. The Balaban J connectivity index is 0.00000676. The highest BCUT2D eigenvalue weighted by atomic mass is 127. The van der Waals surface area contributed by atoms with E-state index in [0.29, 0.717) is 32.3 Å². The van der Waals surface area contributed by atoms with Gasteiger partial charge >= 0.3 is 0 Å². The fraction of sp³-hybridized carbons (Fsp3) is 0.611. The van der Waals surface area contributed by atoms with Gasteiger partial charge < -0.3 is 25.0 Å². The van der Waals surface area contributed by atoms with Crippen LogP contribution in [-0.2, 0) is 20.7 Å². The molecule has 2 N–H and O–H groups in total. The van der Waals surface area contributed by atoms with Crippen molar-refractivity contribution >= 4 is 35.8 Å². The molecule has 1 amide bonds. The number of methoxy groups -OCH3 is 1. The van der Waals surface area contributed by atoms with E-state index in [4.69, 9.17) is 9.47 Å². The summed E-state index contributed by atoms with van der Waals surface area (Å²) in [5.74, 6) is 0.611. The molecule has 0 saturated heterocycles. The van der Waals surface area contributed by atoms with Crippen LogP contribution >= 0.6 is 24.0 Å². The molecule has 9 heteroatoms. The van der Waals surface area contributed by atoms with Crippen LogP contribution in [0, 0.1) is 0 Å². The Morgan fingerprint density at radius 1 is 1.26 bits per heavy atom. The van der Waals surface area contributed by atoms with Gasteiger partial charge in [0.2, 0.25) is 5.91 Å². The number of pyridine rings is 1. The summed E-state index contributed by atoms with van der Waals surface area (Å²) in [4.78, 5) is 22.3. The van der Waals surface area contributed by atoms with Gasteiger partial charge in [-0.3, -0.25) is 14.8 Å². The van der Waals surface area contributed by atoms with Gasteiger partial charge in [0.15, 0.2) is 5.96 Å². The van der Waals surface area contributed by atoms with Crippen molar-refractivity contribution in [2.24, 2.45) is 4.99 Å². The molecule has 154 valence electrons. The number of carbonyl (C=O) groups is 1. The molecule has 0 saturated carbocycles. The topological polar surface area (TPSA) is 88.1 Å². The van der Waals surface area contributed by atoms with Gasteiger partial charge in [0.1, 0.15) is 0 Å². The molecule has 0 aromatic carbocycles. The van der Waals surface area contributed by atoms with E-state index in [2.05, 4.69) is 20.6 Å². The predicted octanol–water partition coefficient (Wildman–Crippen LogP) is 0.919. The van der Waals surface area contributed by atoms with Crippen LogP contribution in [0.3, 0.4) is 0 Å². The van der Waals surface area contributed by atoms with Crippen molar-refractivity contribution in [2.45, 2.75) is 12.8 Å². The van der Waals surface area contributed by atoms with Crippen LogP contribution < -0.4 is 10.6 Å². The number of hydrogen-bond donors (Lipinski definition) is 2. The number of hydrogen-bond acceptors (Lipinski definition) is 5. The van der Waals surface area contributed by atoms with Crippen molar-refractivity contribution in [3.8, 4) is 0 Å². The van der Waals surface area contributed by atoms with Gasteiger partial charge in [-0.2, -0.15) is 0 Å². The summed E-state index contributed by atoms with van der Waals surface area (Å²) in [5, 5.41) is 6.19. The van der Waals surface area contributed by atoms with Crippen LogP contribution in [0.1, 0.15) is 12.1 Å². The summed E-state index contributed by atoms with van der Waals surface area (Å²) in [6.07, 6.45) is 3.35. The molecule has 0 aliphatic carbocycles. The molecule has 1 aromatic heterocycles. The number of aliphatic imine (C=N–C) groups is 1. The van der Waals surface area contributed by atoms with Gasteiger partial charge in [-0.15, -0.1) is 24.0 Å². The van der Waals surface area contributed by atoms with E-state index < -0.39 is 0 Å². The quantitative estimate of drug-likeness (QED) is 0.195. The average molecular weight is 493 g/mol. The number of nitrogens with zero attached hydrogens (tertiary/aromatic N) is 3. The molecule has 0 unspecified atom stereocenters. The molecule has 0 radical (unpaired) electrons. The lowest BCUT2D eigenvalue weighted by molar-refractivity contribution is -0.128. The monoisotopic (exact) mass is 493 g/mol. The molecule has 1 heterocycles. The third-order valence-electron chi connectivity index (χ3n) is 3.68. The second kappa shape index (κ2) is 16.7. The number of nitrogens with one attached hydrogen (secondary N) is 2. The smallest absolute Gasteiger partial charge is 0.241 e. The first kappa shape index (κ1) is 25.5. The Labute approximate surface area is 179 Å². The van der Waals surface area contributed by atoms with Gasteiger partial charge in [0.05, 0.1) is 19.8 Å². The fourth-order valence-electron chi connectivity index (χ4n) is 2.09. The molecule has 0 bridgehead atoms. The number of ether oxygens (including phenoxy) is 2. The van der Waals surface area contributed by atoms with E-state index in [9.17, 15) is 4.79 Å². The Kier molecular flexibility index (Phi) is 15.8. The van der Waals surface area contributed by atoms with Crippen LogP contribution in [0.4, 0.5) is 0 Å². The number of likely N-dealkylation sites (N-methyl/N-ethyl adjacent to an activating group) is 1. The third kappa shape index (κ3) is 12.5. The summed E-state index contributed by atoms with van der Waals surface area (Å²) >= 11 is 0. The summed E-state index contributed by atoms with van der Waals surface area (Å²) < 4.78 is 10.3. The van der Waals surface area contributed by atoms with Crippen molar-refractivity contribution < 1.29 is 14.3 Å². The second-order valence-corrected chi connectivity index (χ2v) is 5.70. The van der Waals surface area contributed by atoms with Gasteiger partial charge in [-0.1, -0.05) is 6.07 Å². The van der Waals surface area contributed by atoms with Gasteiger partial charge in [0, 0.05) is 59.2 Å². The van der Waals surface area contributed by atoms with Crippen molar-refractivity contribution in [2.75, 3.05) is 60.7 Å². The molecule has 8 nitrogen and oxygen atoms in total. The fourth-order valence-corrected chi connectivity index (χ4v) is 2.09. The molecule has 0 atom stereocenters. The SMILES string of the molecule is CN=C(NCCCOCCOC)NCC(=O)N(C)CCc1ccccn1.I. The van der Waals surface area contributed by atoms with Crippen LogP contribution in [-0.4, -0.2) is 82.4 Å². The van der Waals surface area contributed by atoms with E-state index in [0.717, 1.165) is 25.1 Å². The van der Waals surface area contributed by atoms with E-state index in [1.165, 1.54) is 0 Å². The maximum Gasteiger partial charge on any atom is 0.241 e. The normalized spacial score (nSPS) is 10.9. The molecule has 1 rings (SSSR count). The first-order chi connectivity index (χ1) is 12.7. The van der Waals surface area contributed by atoms with Gasteiger partial charge in [-0.05, 0) is 18.6 Å². The van der Waals surface area contributed by atoms with Crippen molar-refractivity contribution in [3.05, 3.63) is 30.1 Å². The Morgan fingerprint density at radius 2 is 2.07 bits per heavy atom.